The van der Waals surface area contributed by atoms with Crippen molar-refractivity contribution in [3.8, 4) is 0 Å². The number of likely N-dealkylation sites (tertiary alicyclic amines) is 1. The zero-order chi connectivity index (χ0) is 9.80. The Balaban J connectivity index is 1.56. The van der Waals surface area contributed by atoms with Gasteiger partial charge >= 0.3 is 0 Å². The van der Waals surface area contributed by atoms with E-state index in [-0.39, 0.29) is 0 Å². The molecule has 0 amide bonds. The van der Waals surface area contributed by atoms with Crippen molar-refractivity contribution in [3.63, 3.8) is 0 Å². The van der Waals surface area contributed by atoms with E-state index in [9.17, 15) is 0 Å². The van der Waals surface area contributed by atoms with Crippen molar-refractivity contribution in [1.29, 1.82) is 0 Å². The number of nitrogens with one attached hydrogen (secondary N) is 1. The second-order valence-corrected chi connectivity index (χ2v) is 5.56. The minimum Gasteiger partial charge on any atom is -0.310 e. The Kier molecular flexibility index (Phi) is 4.14. The molecule has 2 fully saturated rings. The Hall–Kier alpha value is 0.270. The fraction of sp³-hybridized carbons (Fsp3) is 1.00. The molecule has 0 bridgehead atoms. The molecule has 1 saturated carbocycles. The maximum atomic E-state index is 3.73. The first kappa shape index (κ1) is 10.8. The Morgan fingerprint density at radius 2 is 2.14 bits per heavy atom. The van der Waals surface area contributed by atoms with Crippen LogP contribution in [-0.2, 0) is 0 Å². The lowest BCUT2D eigenvalue weighted by Gasteiger charge is -2.16. The summed E-state index contributed by atoms with van der Waals surface area (Å²) in [6.45, 7) is 3.92. The van der Waals surface area contributed by atoms with Gasteiger partial charge in [-0.15, -0.1) is 0 Å². The number of hydrogen-bond donors (Lipinski definition) is 1. The lowest BCUT2D eigenvalue weighted by atomic mass is 10.2. The predicted octanol–water partition coefficient (Wildman–Crippen LogP) is 1.57. The molecule has 1 atom stereocenters. The van der Waals surface area contributed by atoms with Crippen LogP contribution in [0.2, 0.25) is 0 Å². The van der Waals surface area contributed by atoms with Gasteiger partial charge in [-0.2, -0.15) is 11.8 Å². The number of thioether (sulfide) groups is 1. The van der Waals surface area contributed by atoms with Gasteiger partial charge in [-0.1, -0.05) is 0 Å². The van der Waals surface area contributed by atoms with E-state index in [1.165, 1.54) is 51.1 Å². The standard InChI is InChI=1S/C11H22N2S/c1-14-8-2-6-13-7-5-11(9-13)12-10-3-4-10/h10-12H,2-9H2,1H3. The van der Waals surface area contributed by atoms with Crippen LogP contribution in [0.4, 0.5) is 0 Å². The number of rotatable bonds is 6. The van der Waals surface area contributed by atoms with Crippen LogP contribution in [0.25, 0.3) is 0 Å². The third-order valence-electron chi connectivity index (χ3n) is 3.14. The molecule has 1 aliphatic carbocycles. The minimum atomic E-state index is 0.803. The summed E-state index contributed by atoms with van der Waals surface area (Å²) in [4.78, 5) is 2.62. The average Bonchev–Trinajstić information content (AvgIpc) is 2.87. The molecule has 0 aromatic carbocycles. The van der Waals surface area contributed by atoms with E-state index in [4.69, 9.17) is 0 Å². The van der Waals surface area contributed by atoms with Gasteiger partial charge in [-0.3, -0.25) is 0 Å². The molecule has 14 heavy (non-hydrogen) atoms. The smallest absolute Gasteiger partial charge is 0.0209 e. The molecular weight excluding hydrogens is 192 g/mol. The SMILES string of the molecule is CSCCCN1CCC(NC2CC2)C1. The second kappa shape index (κ2) is 5.38. The summed E-state index contributed by atoms with van der Waals surface area (Å²) < 4.78 is 0. The van der Waals surface area contributed by atoms with Gasteiger partial charge in [0.2, 0.25) is 0 Å². The summed E-state index contributed by atoms with van der Waals surface area (Å²) in [6, 6.07) is 1.68. The first-order valence-corrected chi connectivity index (χ1v) is 7.25. The maximum Gasteiger partial charge on any atom is 0.0209 e. The zero-order valence-corrected chi connectivity index (χ0v) is 9.98. The van der Waals surface area contributed by atoms with Crippen molar-refractivity contribution in [2.45, 2.75) is 37.8 Å². The summed E-state index contributed by atoms with van der Waals surface area (Å²) in [5.41, 5.74) is 0. The van der Waals surface area contributed by atoms with Crippen LogP contribution >= 0.6 is 11.8 Å². The topological polar surface area (TPSA) is 15.3 Å². The molecule has 1 heterocycles. The molecule has 0 radical (unpaired) electrons. The zero-order valence-electron chi connectivity index (χ0n) is 9.17. The van der Waals surface area contributed by atoms with Crippen molar-refractivity contribution in [3.05, 3.63) is 0 Å². The van der Waals surface area contributed by atoms with Crippen molar-refractivity contribution >= 4 is 11.8 Å². The van der Waals surface area contributed by atoms with E-state index < -0.39 is 0 Å². The monoisotopic (exact) mass is 214 g/mol. The fourth-order valence-corrected chi connectivity index (χ4v) is 2.61. The molecule has 1 saturated heterocycles. The highest BCUT2D eigenvalue weighted by molar-refractivity contribution is 7.98. The van der Waals surface area contributed by atoms with Crippen LogP contribution in [0.1, 0.15) is 25.7 Å². The molecule has 0 aromatic heterocycles. The number of nitrogens with zero attached hydrogens (tertiary/aromatic N) is 1. The molecule has 2 rings (SSSR count). The quantitative estimate of drug-likeness (QED) is 0.676. The van der Waals surface area contributed by atoms with Crippen LogP contribution in [-0.4, -0.2) is 48.6 Å². The minimum absolute atomic E-state index is 0.803. The Labute approximate surface area is 91.8 Å². The number of hydrogen-bond acceptors (Lipinski definition) is 3. The average molecular weight is 214 g/mol. The van der Waals surface area contributed by atoms with E-state index in [2.05, 4.69) is 16.5 Å². The predicted molar refractivity (Wildman–Crippen MR) is 64.0 cm³/mol. The van der Waals surface area contributed by atoms with E-state index in [1.807, 2.05) is 11.8 Å². The van der Waals surface area contributed by atoms with E-state index >= 15 is 0 Å². The summed E-state index contributed by atoms with van der Waals surface area (Å²) in [7, 11) is 0. The van der Waals surface area contributed by atoms with Crippen LogP contribution in [0.3, 0.4) is 0 Å². The van der Waals surface area contributed by atoms with Gasteiger partial charge < -0.3 is 10.2 Å². The van der Waals surface area contributed by atoms with Crippen molar-refractivity contribution in [2.24, 2.45) is 0 Å². The molecule has 3 heteroatoms. The highest BCUT2D eigenvalue weighted by Crippen LogP contribution is 2.21. The van der Waals surface area contributed by atoms with Gasteiger partial charge in [0.15, 0.2) is 0 Å². The lowest BCUT2D eigenvalue weighted by Crippen LogP contribution is -2.34. The van der Waals surface area contributed by atoms with Gasteiger partial charge in [0.25, 0.3) is 0 Å². The van der Waals surface area contributed by atoms with Crippen LogP contribution in [0.5, 0.6) is 0 Å². The third-order valence-corrected chi connectivity index (χ3v) is 3.84. The highest BCUT2D eigenvalue weighted by atomic mass is 32.2. The lowest BCUT2D eigenvalue weighted by molar-refractivity contribution is 0.329. The van der Waals surface area contributed by atoms with Gasteiger partial charge in [-0.05, 0) is 50.8 Å². The van der Waals surface area contributed by atoms with E-state index in [0.29, 0.717) is 0 Å². The molecule has 1 unspecified atom stereocenters. The van der Waals surface area contributed by atoms with Gasteiger partial charge in [0.1, 0.15) is 0 Å². The first-order chi connectivity index (χ1) is 6.88. The molecular formula is C11H22N2S. The van der Waals surface area contributed by atoms with Crippen molar-refractivity contribution in [2.75, 3.05) is 31.6 Å². The molecule has 1 aliphatic heterocycles. The first-order valence-electron chi connectivity index (χ1n) is 5.86. The van der Waals surface area contributed by atoms with E-state index in [0.717, 1.165) is 12.1 Å². The third kappa shape index (κ3) is 3.44. The summed E-state index contributed by atoms with van der Waals surface area (Å²) in [5, 5.41) is 3.73. The van der Waals surface area contributed by atoms with Crippen LogP contribution in [0.15, 0.2) is 0 Å². The van der Waals surface area contributed by atoms with Gasteiger partial charge in [0.05, 0.1) is 0 Å². The Morgan fingerprint density at radius 3 is 2.86 bits per heavy atom. The van der Waals surface area contributed by atoms with Crippen LogP contribution < -0.4 is 5.32 Å². The molecule has 1 N–H and O–H groups in total. The largest absolute Gasteiger partial charge is 0.310 e. The highest BCUT2D eigenvalue weighted by Gasteiger charge is 2.28. The van der Waals surface area contributed by atoms with E-state index in [1.54, 1.807) is 0 Å². The summed E-state index contributed by atoms with van der Waals surface area (Å²) >= 11 is 1.96. The summed E-state index contributed by atoms with van der Waals surface area (Å²) in [5.74, 6) is 1.32. The molecule has 82 valence electrons. The Morgan fingerprint density at radius 1 is 1.29 bits per heavy atom. The van der Waals surface area contributed by atoms with Gasteiger partial charge in [-0.25, -0.2) is 0 Å². The summed E-state index contributed by atoms with van der Waals surface area (Å²) in [6.07, 6.45) is 7.76. The van der Waals surface area contributed by atoms with Crippen LogP contribution in [0, 0.1) is 0 Å². The maximum absolute atomic E-state index is 3.73. The molecule has 2 nitrogen and oxygen atoms in total. The molecule has 2 aliphatic rings. The molecule has 0 spiro atoms. The van der Waals surface area contributed by atoms with Crippen molar-refractivity contribution < 1.29 is 0 Å². The Bertz CT molecular complexity index is 171. The molecule has 0 aromatic rings. The normalized spacial score (nSPS) is 28.5. The fourth-order valence-electron chi connectivity index (χ4n) is 2.19. The second-order valence-electron chi connectivity index (χ2n) is 4.57. The van der Waals surface area contributed by atoms with Gasteiger partial charge in [0, 0.05) is 18.6 Å². The van der Waals surface area contributed by atoms with Crippen molar-refractivity contribution in [1.82, 2.24) is 10.2 Å².